The quantitative estimate of drug-likeness (QED) is 0.719. The van der Waals surface area contributed by atoms with Gasteiger partial charge in [0.1, 0.15) is 0 Å². The Labute approximate surface area is 128 Å². The Morgan fingerprint density at radius 3 is 2.45 bits per heavy atom. The van der Waals surface area contributed by atoms with E-state index in [4.69, 9.17) is 11.6 Å². The highest BCUT2D eigenvalue weighted by atomic mass is 35.5. The van der Waals surface area contributed by atoms with E-state index in [1.807, 2.05) is 11.9 Å². The maximum Gasteiger partial charge on any atom is 0.225 e. The van der Waals surface area contributed by atoms with Crippen LogP contribution in [0.15, 0.2) is 0 Å². The minimum atomic E-state index is 0.311. The van der Waals surface area contributed by atoms with Crippen LogP contribution in [0.1, 0.15) is 57.8 Å². The molecule has 3 rings (SSSR count). The number of rotatable bonds is 3. The van der Waals surface area contributed by atoms with Crippen LogP contribution < -0.4 is 0 Å². The molecule has 1 amide bonds. The lowest BCUT2D eigenvalue weighted by Gasteiger charge is -2.40. The number of carbonyl (C=O) groups excluding carboxylic acids is 1. The van der Waals surface area contributed by atoms with Gasteiger partial charge in [-0.3, -0.25) is 4.79 Å². The predicted molar refractivity (Wildman–Crippen MR) is 82.8 cm³/mol. The fourth-order valence-electron chi connectivity index (χ4n) is 4.69. The van der Waals surface area contributed by atoms with Gasteiger partial charge in [-0.25, -0.2) is 0 Å². The molecule has 3 aliphatic carbocycles. The third-order valence-corrected chi connectivity index (χ3v) is 6.33. The largest absolute Gasteiger partial charge is 0.345 e. The lowest BCUT2D eigenvalue weighted by atomic mass is 9.67. The van der Waals surface area contributed by atoms with Gasteiger partial charge in [0.2, 0.25) is 5.91 Å². The summed E-state index contributed by atoms with van der Waals surface area (Å²) in [4.78, 5) is 14.6. The molecular weight excluding hydrogens is 270 g/mol. The molecule has 114 valence electrons. The molecule has 3 atom stereocenters. The van der Waals surface area contributed by atoms with Crippen LogP contribution in [0, 0.1) is 23.7 Å². The number of halogens is 1. The Hall–Kier alpha value is -0.240. The van der Waals surface area contributed by atoms with Crippen molar-refractivity contribution < 1.29 is 4.79 Å². The molecule has 0 radical (unpaired) electrons. The smallest absolute Gasteiger partial charge is 0.225 e. The molecule has 0 saturated heterocycles. The van der Waals surface area contributed by atoms with Gasteiger partial charge >= 0.3 is 0 Å². The highest BCUT2D eigenvalue weighted by Crippen LogP contribution is 2.43. The molecule has 3 saturated carbocycles. The summed E-state index contributed by atoms with van der Waals surface area (Å²) in [6.07, 6.45) is 11.4. The Morgan fingerprint density at radius 2 is 1.75 bits per heavy atom. The normalized spacial score (nSPS) is 40.6. The van der Waals surface area contributed by atoms with Crippen molar-refractivity contribution >= 4 is 17.5 Å². The molecule has 20 heavy (non-hydrogen) atoms. The maximum absolute atomic E-state index is 12.6. The first kappa shape index (κ1) is 14.7. The van der Waals surface area contributed by atoms with E-state index in [0.717, 1.165) is 44.1 Å². The number of nitrogens with zero attached hydrogens (tertiary/aromatic N) is 1. The predicted octanol–water partition coefficient (Wildman–Crippen LogP) is 4.07. The second-order valence-electron chi connectivity index (χ2n) is 7.47. The minimum absolute atomic E-state index is 0.311. The number of fused-ring (bicyclic) bond motifs is 1. The summed E-state index contributed by atoms with van der Waals surface area (Å²) in [5.41, 5.74) is 0. The van der Waals surface area contributed by atoms with Gasteiger partial charge in [-0.15, -0.1) is 11.6 Å². The van der Waals surface area contributed by atoms with Crippen molar-refractivity contribution in [2.24, 2.45) is 23.7 Å². The summed E-state index contributed by atoms with van der Waals surface area (Å²) < 4.78 is 0. The Kier molecular flexibility index (Phi) is 4.59. The first-order valence-electron chi connectivity index (χ1n) is 8.52. The molecule has 0 aromatic rings. The van der Waals surface area contributed by atoms with Crippen LogP contribution in [-0.2, 0) is 4.79 Å². The molecule has 3 unspecified atom stereocenters. The number of hydrogen-bond donors (Lipinski definition) is 0. The SMILES string of the molecule is CN(CC1CC(Cl)C1)C(=O)C1CCC2CCCCC2C1. The molecule has 3 heteroatoms. The standard InChI is InChI=1S/C17H28ClNO/c1-19(11-12-8-16(18)9-12)17(20)15-7-6-13-4-2-3-5-14(13)10-15/h12-16H,2-11H2,1H3. The lowest BCUT2D eigenvalue weighted by molar-refractivity contribution is -0.137. The zero-order valence-corrected chi connectivity index (χ0v) is 13.4. The Morgan fingerprint density at radius 1 is 1.05 bits per heavy atom. The minimum Gasteiger partial charge on any atom is -0.345 e. The highest BCUT2D eigenvalue weighted by molar-refractivity contribution is 6.21. The topological polar surface area (TPSA) is 20.3 Å². The van der Waals surface area contributed by atoms with Crippen LogP contribution in [0.5, 0.6) is 0 Å². The number of amides is 1. The van der Waals surface area contributed by atoms with E-state index >= 15 is 0 Å². The molecule has 0 aromatic heterocycles. The van der Waals surface area contributed by atoms with E-state index in [0.29, 0.717) is 23.1 Å². The fraction of sp³-hybridized carbons (Fsp3) is 0.941. The van der Waals surface area contributed by atoms with Crippen molar-refractivity contribution in [1.29, 1.82) is 0 Å². The molecule has 0 spiro atoms. The van der Waals surface area contributed by atoms with Gasteiger partial charge in [0.15, 0.2) is 0 Å². The molecule has 2 nitrogen and oxygen atoms in total. The molecule has 3 fully saturated rings. The Balaban J connectivity index is 1.49. The third-order valence-electron chi connectivity index (χ3n) is 5.98. The van der Waals surface area contributed by atoms with Crippen LogP contribution in [0.2, 0.25) is 0 Å². The van der Waals surface area contributed by atoms with Crippen molar-refractivity contribution in [3.63, 3.8) is 0 Å². The summed E-state index contributed by atoms with van der Waals surface area (Å²) in [5, 5.41) is 0.362. The van der Waals surface area contributed by atoms with Gasteiger partial charge in [-0.1, -0.05) is 25.7 Å². The summed E-state index contributed by atoms with van der Waals surface area (Å²) in [5.74, 6) is 3.15. The van der Waals surface area contributed by atoms with Crippen molar-refractivity contribution in [3.8, 4) is 0 Å². The third kappa shape index (κ3) is 3.16. The second-order valence-corrected chi connectivity index (χ2v) is 8.09. The van der Waals surface area contributed by atoms with Gasteiger partial charge in [-0.05, 0) is 49.9 Å². The van der Waals surface area contributed by atoms with Crippen molar-refractivity contribution in [2.75, 3.05) is 13.6 Å². The average Bonchev–Trinajstić information content (AvgIpc) is 2.44. The molecule has 0 aromatic carbocycles. The van der Waals surface area contributed by atoms with E-state index in [1.165, 1.54) is 32.1 Å². The summed E-state index contributed by atoms with van der Waals surface area (Å²) in [7, 11) is 2.00. The van der Waals surface area contributed by atoms with Crippen LogP contribution in [0.4, 0.5) is 0 Å². The first-order valence-corrected chi connectivity index (χ1v) is 8.96. The van der Waals surface area contributed by atoms with Crippen LogP contribution >= 0.6 is 11.6 Å². The number of hydrogen-bond acceptors (Lipinski definition) is 1. The van der Waals surface area contributed by atoms with Gasteiger partial charge < -0.3 is 4.90 Å². The maximum atomic E-state index is 12.6. The molecular formula is C17H28ClNO. The molecule has 0 aliphatic heterocycles. The van der Waals surface area contributed by atoms with E-state index in [2.05, 4.69) is 0 Å². The molecule has 3 aliphatic rings. The van der Waals surface area contributed by atoms with Crippen molar-refractivity contribution in [1.82, 2.24) is 4.90 Å². The van der Waals surface area contributed by atoms with Crippen LogP contribution in [-0.4, -0.2) is 29.8 Å². The summed E-state index contributed by atoms with van der Waals surface area (Å²) in [6, 6.07) is 0. The zero-order chi connectivity index (χ0) is 14.1. The molecule has 0 heterocycles. The van der Waals surface area contributed by atoms with Gasteiger partial charge in [0.05, 0.1) is 0 Å². The van der Waals surface area contributed by atoms with Gasteiger partial charge in [-0.2, -0.15) is 0 Å². The van der Waals surface area contributed by atoms with E-state index in [9.17, 15) is 4.79 Å². The van der Waals surface area contributed by atoms with Crippen LogP contribution in [0.25, 0.3) is 0 Å². The average molecular weight is 298 g/mol. The molecule has 0 N–H and O–H groups in total. The number of carbonyl (C=O) groups is 1. The van der Waals surface area contributed by atoms with Crippen LogP contribution in [0.3, 0.4) is 0 Å². The monoisotopic (exact) mass is 297 g/mol. The Bertz CT molecular complexity index is 353. The number of alkyl halides is 1. The van der Waals surface area contributed by atoms with E-state index in [-0.39, 0.29) is 0 Å². The summed E-state index contributed by atoms with van der Waals surface area (Å²) >= 11 is 6.03. The van der Waals surface area contributed by atoms with Gasteiger partial charge in [0, 0.05) is 24.9 Å². The van der Waals surface area contributed by atoms with E-state index in [1.54, 1.807) is 0 Å². The van der Waals surface area contributed by atoms with Gasteiger partial charge in [0.25, 0.3) is 0 Å². The lowest BCUT2D eigenvalue weighted by Crippen LogP contribution is -2.42. The molecule has 0 bridgehead atoms. The summed E-state index contributed by atoms with van der Waals surface area (Å²) in [6.45, 7) is 0.923. The second kappa shape index (κ2) is 6.25. The fourth-order valence-corrected chi connectivity index (χ4v) is 5.19. The zero-order valence-electron chi connectivity index (χ0n) is 12.7. The first-order chi connectivity index (χ1) is 9.63. The van der Waals surface area contributed by atoms with E-state index < -0.39 is 0 Å². The highest BCUT2D eigenvalue weighted by Gasteiger charge is 2.37. The van der Waals surface area contributed by atoms with Crippen molar-refractivity contribution in [2.45, 2.75) is 63.2 Å². The van der Waals surface area contributed by atoms with Crippen molar-refractivity contribution in [3.05, 3.63) is 0 Å².